The van der Waals surface area contributed by atoms with Crippen LogP contribution in [0.4, 0.5) is 34.1 Å². The van der Waals surface area contributed by atoms with Crippen LogP contribution in [0.1, 0.15) is 0 Å². The zero-order chi connectivity index (χ0) is 62.9. The molecule has 0 unspecified atom stereocenters. The van der Waals surface area contributed by atoms with Crippen molar-refractivity contribution >= 4 is 159 Å². The predicted octanol–water partition coefficient (Wildman–Crippen LogP) is 4.63. The number of phenolic OH excluding ortho intramolecular Hbond substituents is 2. The highest BCUT2D eigenvalue weighted by Crippen LogP contribution is 2.48. The molecule has 1 aromatic heterocycles. The number of hydrogen-bond donors (Lipinski definition) is 11. The first-order valence-electron chi connectivity index (χ1n) is 21.8. The van der Waals surface area contributed by atoms with Crippen molar-refractivity contribution < 1.29 is 114 Å². The van der Waals surface area contributed by atoms with Crippen LogP contribution in [-0.4, -0.2) is 137 Å². The van der Waals surface area contributed by atoms with E-state index in [1.54, 1.807) is 0 Å². The number of azo groups is 2. The number of aromatic hydroxyl groups is 2. The minimum absolute atomic E-state index is 0.296. The van der Waals surface area contributed by atoms with Gasteiger partial charge in [-0.1, -0.05) is 18.2 Å². The standard InChI is InChI=1S/C41H30ClN9O26S8/c42-39-45-40(43-25-10-11-29(81(62,63)64)24-17-31(83(68,69)70)35(37(53)33(24)25)50-48-19-4-6-20(7-5-19)78(54,55)13-12-77-85(74,75)76)47-41(46-39)44-27-16-21(79(56,57)58)14-18-15-30(82(65,66)67)34(36(52)32(18)27)51-49-26-9-8-22-23(38(26)84(71,72)73)2-1-3-28(22)80(59,60)61/h1-11,14-17,52-53H,12-13H2,(H,56,57,58)(H,59,60,61)(H,62,63,64)(H,65,66,67)(H,68,69,70)(H,71,72,73)(H,74,75,76)(H2,43,44,45,46,47). The van der Waals surface area contributed by atoms with Gasteiger partial charge in [-0.05, 0) is 89.8 Å². The van der Waals surface area contributed by atoms with E-state index in [-0.39, 0.29) is 5.69 Å². The maximum absolute atomic E-state index is 12.9. The van der Waals surface area contributed by atoms with Gasteiger partial charge in [-0.25, -0.2) is 22.6 Å². The molecule has 11 N–H and O–H groups in total. The fourth-order valence-electron chi connectivity index (χ4n) is 7.89. The Hall–Kier alpha value is -7.70. The second-order valence-electron chi connectivity index (χ2n) is 16.8. The Balaban J connectivity index is 1.33. The van der Waals surface area contributed by atoms with E-state index in [0.717, 1.165) is 60.7 Å². The maximum atomic E-state index is 12.9. The number of rotatable bonds is 17. The Kier molecular flexibility index (Phi) is 16.6. The summed E-state index contributed by atoms with van der Waals surface area (Å²) >= 11 is 6.28. The highest BCUT2D eigenvalue weighted by molar-refractivity contribution is 7.91. The zero-order valence-electron chi connectivity index (χ0n) is 40.8. The van der Waals surface area contributed by atoms with Crippen LogP contribution in [0.2, 0.25) is 5.28 Å². The molecule has 8 aromatic rings. The molecule has 0 amide bonds. The number of aromatic amines is 2. The van der Waals surface area contributed by atoms with E-state index in [1.165, 1.54) is 0 Å². The van der Waals surface area contributed by atoms with E-state index in [9.17, 15) is 105 Å². The number of fused-ring (bicyclic) bond motifs is 3. The second-order valence-corrected chi connectivity index (χ2v) is 28.7. The predicted molar refractivity (Wildman–Crippen MR) is 287 cm³/mol. The van der Waals surface area contributed by atoms with Gasteiger partial charge in [-0.15, -0.1) is 15.3 Å². The second kappa shape index (κ2) is 22.3. The lowest BCUT2D eigenvalue weighted by Gasteiger charge is -2.13. The molecule has 0 bridgehead atoms. The molecule has 450 valence electrons. The molecule has 44 heteroatoms. The Labute approximate surface area is 480 Å². The number of aromatic nitrogens is 3. The van der Waals surface area contributed by atoms with E-state index in [4.69, 9.17) is 16.2 Å². The Morgan fingerprint density at radius 3 is 1.62 bits per heavy atom. The Bertz CT molecular complexity index is 5410. The normalized spacial score (nSPS) is 14.0. The number of benzene rings is 7. The topological polar surface area (TPSA) is 583 Å². The molecule has 8 rings (SSSR count). The monoisotopic (exact) mass is 1350 g/mol. The van der Waals surface area contributed by atoms with Crippen molar-refractivity contribution in [2.75, 3.05) is 12.4 Å². The van der Waals surface area contributed by atoms with Gasteiger partial charge in [0.05, 0.1) is 50.0 Å². The van der Waals surface area contributed by atoms with Crippen LogP contribution in [-0.2, 0) is 85.1 Å². The average molecular weight is 1360 g/mol. The van der Waals surface area contributed by atoms with Crippen LogP contribution in [0.3, 0.4) is 0 Å². The first-order valence-corrected chi connectivity index (χ1v) is 33.9. The lowest BCUT2D eigenvalue weighted by molar-refractivity contribution is 0.283. The van der Waals surface area contributed by atoms with Crippen LogP contribution in [0.5, 0.6) is 11.5 Å². The van der Waals surface area contributed by atoms with Crippen molar-refractivity contribution in [1.29, 1.82) is 0 Å². The third-order valence-electron chi connectivity index (χ3n) is 11.3. The van der Waals surface area contributed by atoms with E-state index in [2.05, 4.69) is 49.6 Å². The molecule has 0 aliphatic heterocycles. The zero-order valence-corrected chi connectivity index (χ0v) is 48.1. The highest BCUT2D eigenvalue weighted by Gasteiger charge is 2.30. The molecule has 0 fully saturated rings. The number of H-pyrrole nitrogens is 2. The van der Waals surface area contributed by atoms with E-state index < -0.39 is 216 Å². The van der Waals surface area contributed by atoms with Crippen LogP contribution in [0.25, 0.3) is 32.3 Å². The number of sulfone groups is 1. The summed E-state index contributed by atoms with van der Waals surface area (Å²) < 4.78 is 272. The molecule has 0 aliphatic carbocycles. The molecule has 0 atom stereocenters. The third kappa shape index (κ3) is 13.9. The molecular weight excluding hydrogens is 1330 g/mol. The molecule has 1 heterocycles. The minimum atomic E-state index is -5.61. The first kappa shape index (κ1) is 63.3. The molecule has 85 heavy (non-hydrogen) atoms. The Morgan fingerprint density at radius 2 is 1.05 bits per heavy atom. The fourth-order valence-corrected chi connectivity index (χ4v) is 13.6. The van der Waals surface area contributed by atoms with Gasteiger partial charge in [0.2, 0.25) is 16.5 Å². The van der Waals surface area contributed by atoms with Crippen molar-refractivity contribution in [1.82, 2.24) is 15.0 Å². The number of nitrogens with one attached hydrogen (secondary N) is 2. The maximum Gasteiger partial charge on any atom is 0.397 e. The summed E-state index contributed by atoms with van der Waals surface area (Å²) in [5.41, 5.74) is -6.49. The van der Waals surface area contributed by atoms with Crippen LogP contribution in [0, 0.1) is 0 Å². The molecule has 0 radical (unpaired) electrons. The molecule has 0 saturated carbocycles. The first-order chi connectivity index (χ1) is 39.0. The van der Waals surface area contributed by atoms with Crippen LogP contribution >= 0.6 is 11.6 Å². The van der Waals surface area contributed by atoms with Gasteiger partial charge in [0, 0.05) is 16.2 Å². The average Bonchev–Trinajstić information content (AvgIpc) is 1.27. The van der Waals surface area contributed by atoms with Gasteiger partial charge < -0.3 is 15.2 Å². The van der Waals surface area contributed by atoms with Crippen LogP contribution in [0.15, 0.2) is 156 Å². The molecule has 0 spiro atoms. The molecule has 35 nitrogen and oxygen atoms in total. The summed E-state index contributed by atoms with van der Waals surface area (Å²) in [6, 6.07) is 11.6. The summed E-state index contributed by atoms with van der Waals surface area (Å²) in [7, 11) is -41.6. The number of hydrogen-bond acceptors (Lipinski definition) is 26. The Morgan fingerprint density at radius 1 is 0.482 bits per heavy atom. The molecular formula is C41H30ClN9O26S8. The number of halogens is 1. The summed E-state index contributed by atoms with van der Waals surface area (Å²) in [6.07, 6.45) is 0. The van der Waals surface area contributed by atoms with Crippen molar-refractivity contribution in [3.63, 3.8) is 0 Å². The van der Waals surface area contributed by atoms with Crippen molar-refractivity contribution in [2.24, 2.45) is 30.4 Å². The summed E-state index contributed by atoms with van der Waals surface area (Å²) in [5, 5.41) is 33.3. The summed E-state index contributed by atoms with van der Waals surface area (Å²) in [4.78, 5) is 9.57. The SMILES string of the molecule is O=S(=O)(O)OCCS(=O)(=O)c1ccc(N=Nc2c(S(=O)(=O)O)cc3c(S(=O)(=O)O)ccc(N=c4nc(Cl)[nH]c(=Nc5cc(S(=O)(=O)O)cc6cc(S(=O)(=O)O)c(N=Nc7ccc8c(S(=O)(=O)O)cccc8c7S(=O)(=O)O)c(O)c56)[nH]4)c3c2O)cc1. The van der Waals surface area contributed by atoms with Gasteiger partial charge >= 0.3 is 10.4 Å². The molecule has 0 aliphatic rings. The van der Waals surface area contributed by atoms with Gasteiger partial charge in [0.1, 0.15) is 41.5 Å². The third-order valence-corrected chi connectivity index (χ3v) is 19.0. The summed E-state index contributed by atoms with van der Waals surface area (Å²) in [6.45, 7) is -0.990. The minimum Gasteiger partial charge on any atom is -0.505 e. The van der Waals surface area contributed by atoms with E-state index >= 15 is 0 Å². The lowest BCUT2D eigenvalue weighted by Crippen LogP contribution is -2.26. The lowest BCUT2D eigenvalue weighted by atomic mass is 10.1. The highest BCUT2D eigenvalue weighted by atomic mass is 35.5. The smallest absolute Gasteiger partial charge is 0.397 e. The molecule has 0 saturated heterocycles. The van der Waals surface area contributed by atoms with Crippen molar-refractivity contribution in [3.8, 4) is 11.5 Å². The number of phenols is 2. The van der Waals surface area contributed by atoms with Gasteiger partial charge in [-0.3, -0.25) is 36.9 Å². The van der Waals surface area contributed by atoms with E-state index in [0.29, 0.717) is 30.3 Å². The molecule has 7 aromatic carbocycles. The fraction of sp³-hybridized carbons (Fsp3) is 0.0488. The van der Waals surface area contributed by atoms with Crippen molar-refractivity contribution in [3.05, 3.63) is 108 Å². The van der Waals surface area contributed by atoms with Gasteiger partial charge in [-0.2, -0.15) is 69.0 Å². The van der Waals surface area contributed by atoms with Gasteiger partial charge in [0.25, 0.3) is 60.7 Å². The quantitative estimate of drug-likeness (QED) is 0.0437. The van der Waals surface area contributed by atoms with E-state index in [1.807, 2.05) is 0 Å². The largest absolute Gasteiger partial charge is 0.505 e. The van der Waals surface area contributed by atoms with Crippen LogP contribution < -0.4 is 11.2 Å². The summed E-state index contributed by atoms with van der Waals surface area (Å²) in [5.74, 6) is -3.67. The van der Waals surface area contributed by atoms with Crippen molar-refractivity contribution in [2.45, 2.75) is 34.3 Å². The van der Waals surface area contributed by atoms with Gasteiger partial charge in [0.15, 0.2) is 21.3 Å². The number of nitrogens with zero attached hydrogens (tertiary/aromatic N) is 7.